The molecule has 1 aromatic heterocycles. The Morgan fingerprint density at radius 3 is 2.75 bits per heavy atom. The molecule has 3 rings (SSSR count). The second-order valence-electron chi connectivity index (χ2n) is 6.65. The van der Waals surface area contributed by atoms with Crippen molar-refractivity contribution in [2.45, 2.75) is 45.4 Å². The summed E-state index contributed by atoms with van der Waals surface area (Å²) < 4.78 is 7.27. The van der Waals surface area contributed by atoms with Crippen molar-refractivity contribution in [3.05, 3.63) is 34.2 Å². The Morgan fingerprint density at radius 1 is 1.30 bits per heavy atom. The Balaban J connectivity index is 1.91. The predicted octanol–water partition coefficient (Wildman–Crippen LogP) is 2.16. The third-order valence-corrected chi connectivity index (χ3v) is 3.88. The molecule has 1 aromatic rings. The van der Waals surface area contributed by atoms with Crippen molar-refractivity contribution >= 4 is 6.09 Å². The van der Waals surface area contributed by atoms with Gasteiger partial charge in [-0.05, 0) is 39.2 Å². The number of rotatable bonds is 0. The predicted molar refractivity (Wildman–Crippen MR) is 74.5 cm³/mol. The van der Waals surface area contributed by atoms with Crippen LogP contribution in [0.5, 0.6) is 0 Å². The molecule has 2 bridgehead atoms. The van der Waals surface area contributed by atoms with Gasteiger partial charge in [0.15, 0.2) is 0 Å². The van der Waals surface area contributed by atoms with Crippen molar-refractivity contribution in [1.82, 2.24) is 9.47 Å². The summed E-state index contributed by atoms with van der Waals surface area (Å²) in [6.07, 6.45) is 0.637. The Bertz CT molecular complexity index is 600. The smallest absolute Gasteiger partial charge is 0.410 e. The van der Waals surface area contributed by atoms with Gasteiger partial charge in [-0.2, -0.15) is 0 Å². The van der Waals surface area contributed by atoms with Crippen LogP contribution in [0.2, 0.25) is 0 Å². The van der Waals surface area contributed by atoms with Gasteiger partial charge in [0.05, 0.1) is 6.04 Å². The van der Waals surface area contributed by atoms with Crippen LogP contribution in [0.25, 0.3) is 0 Å². The van der Waals surface area contributed by atoms with Gasteiger partial charge in [-0.1, -0.05) is 6.07 Å². The molecular weight excluding hydrogens is 256 g/mol. The first-order chi connectivity index (χ1) is 9.35. The molecule has 2 aliphatic heterocycles. The molecule has 1 amide bonds. The molecule has 2 atom stereocenters. The van der Waals surface area contributed by atoms with Crippen molar-refractivity contribution in [2.24, 2.45) is 5.92 Å². The first-order valence-electron chi connectivity index (χ1n) is 7.04. The highest BCUT2D eigenvalue weighted by Gasteiger charge is 2.42. The standard InChI is InChI=1S/C15H20N2O3/c1-15(2,3)20-14(19)17-9-10-7-12(17)11-5-4-6-13(18)16(11)8-10/h4-6,10,12H,7-9H2,1-3H3/t10-,12+/m0/s1. The highest BCUT2D eigenvalue weighted by molar-refractivity contribution is 5.69. The quantitative estimate of drug-likeness (QED) is 0.729. The van der Waals surface area contributed by atoms with Crippen LogP contribution in [0.3, 0.4) is 0 Å². The summed E-state index contributed by atoms with van der Waals surface area (Å²) in [4.78, 5) is 26.0. The summed E-state index contributed by atoms with van der Waals surface area (Å²) in [5.41, 5.74) is 0.449. The Morgan fingerprint density at radius 2 is 2.05 bits per heavy atom. The molecule has 5 nitrogen and oxygen atoms in total. The van der Waals surface area contributed by atoms with E-state index in [2.05, 4.69) is 0 Å². The summed E-state index contributed by atoms with van der Waals surface area (Å²) in [5.74, 6) is 0.347. The van der Waals surface area contributed by atoms with Crippen molar-refractivity contribution in [3.63, 3.8) is 0 Å². The summed E-state index contributed by atoms with van der Waals surface area (Å²) in [6, 6.07) is 5.24. The molecule has 108 valence electrons. The molecule has 2 aliphatic rings. The molecule has 20 heavy (non-hydrogen) atoms. The van der Waals surface area contributed by atoms with Crippen molar-refractivity contribution in [3.8, 4) is 0 Å². The van der Waals surface area contributed by atoms with Gasteiger partial charge in [0, 0.05) is 24.8 Å². The number of hydrogen-bond donors (Lipinski definition) is 0. The molecule has 0 N–H and O–H groups in total. The Kier molecular flexibility index (Phi) is 2.88. The van der Waals surface area contributed by atoms with E-state index in [0.717, 1.165) is 12.1 Å². The van der Waals surface area contributed by atoms with E-state index in [4.69, 9.17) is 4.74 Å². The highest BCUT2D eigenvalue weighted by atomic mass is 16.6. The minimum Gasteiger partial charge on any atom is -0.444 e. The van der Waals surface area contributed by atoms with E-state index in [1.54, 1.807) is 21.6 Å². The first-order valence-corrected chi connectivity index (χ1v) is 7.04. The number of likely N-dealkylation sites (tertiary alicyclic amines) is 1. The topological polar surface area (TPSA) is 51.5 Å². The number of ether oxygens (including phenoxy) is 1. The van der Waals surface area contributed by atoms with Gasteiger partial charge in [-0.25, -0.2) is 4.79 Å². The molecule has 0 spiro atoms. The zero-order chi connectivity index (χ0) is 14.5. The maximum absolute atomic E-state index is 12.3. The molecule has 0 aromatic carbocycles. The van der Waals surface area contributed by atoms with E-state index in [-0.39, 0.29) is 17.7 Å². The monoisotopic (exact) mass is 276 g/mol. The summed E-state index contributed by atoms with van der Waals surface area (Å²) in [6.45, 7) is 6.97. The fourth-order valence-electron chi connectivity index (χ4n) is 3.14. The average Bonchev–Trinajstić information content (AvgIpc) is 2.67. The number of amides is 1. The Labute approximate surface area is 118 Å². The SMILES string of the molecule is CC(C)(C)OC(=O)N1C[C@H]2C[C@@H]1c1cccc(=O)n1C2. The van der Waals surface area contributed by atoms with E-state index in [0.29, 0.717) is 19.0 Å². The Hall–Kier alpha value is -1.78. The molecule has 1 fully saturated rings. The number of carbonyl (C=O) groups excluding carboxylic acids is 1. The van der Waals surface area contributed by atoms with Gasteiger partial charge in [-0.15, -0.1) is 0 Å². The number of pyridine rings is 1. The van der Waals surface area contributed by atoms with Gasteiger partial charge in [0.25, 0.3) is 5.56 Å². The molecule has 0 radical (unpaired) electrons. The van der Waals surface area contributed by atoms with E-state index >= 15 is 0 Å². The molecule has 0 saturated carbocycles. The van der Waals surface area contributed by atoms with Gasteiger partial charge in [0.1, 0.15) is 5.60 Å². The lowest BCUT2D eigenvalue weighted by atomic mass is 9.98. The number of nitrogens with zero attached hydrogens (tertiary/aromatic N) is 2. The van der Waals surface area contributed by atoms with Crippen LogP contribution in [0.15, 0.2) is 23.0 Å². The van der Waals surface area contributed by atoms with Crippen LogP contribution < -0.4 is 5.56 Å². The van der Waals surface area contributed by atoms with Crippen LogP contribution in [0.1, 0.15) is 38.9 Å². The van der Waals surface area contributed by atoms with Crippen LogP contribution in [0, 0.1) is 5.92 Å². The fraction of sp³-hybridized carbons (Fsp3) is 0.600. The van der Waals surface area contributed by atoms with E-state index in [1.165, 1.54) is 0 Å². The van der Waals surface area contributed by atoms with Crippen LogP contribution in [-0.4, -0.2) is 27.7 Å². The number of aromatic nitrogens is 1. The summed E-state index contributed by atoms with van der Waals surface area (Å²) in [5, 5.41) is 0. The van der Waals surface area contributed by atoms with Crippen molar-refractivity contribution in [2.75, 3.05) is 6.54 Å². The maximum Gasteiger partial charge on any atom is 0.410 e. The molecule has 1 saturated heterocycles. The normalized spacial score (nSPS) is 24.4. The highest BCUT2D eigenvalue weighted by Crippen LogP contribution is 2.40. The molecule has 3 heterocycles. The van der Waals surface area contributed by atoms with Crippen LogP contribution in [-0.2, 0) is 11.3 Å². The van der Waals surface area contributed by atoms with Crippen LogP contribution in [0.4, 0.5) is 4.79 Å². The van der Waals surface area contributed by atoms with Gasteiger partial charge in [0.2, 0.25) is 0 Å². The lowest BCUT2D eigenvalue weighted by molar-refractivity contribution is 0.0220. The number of hydrogen-bond acceptors (Lipinski definition) is 3. The van der Waals surface area contributed by atoms with Gasteiger partial charge >= 0.3 is 6.09 Å². The zero-order valence-electron chi connectivity index (χ0n) is 12.1. The average molecular weight is 276 g/mol. The second kappa shape index (κ2) is 4.36. The lowest BCUT2D eigenvalue weighted by Gasteiger charge is -2.29. The third-order valence-electron chi connectivity index (χ3n) is 3.88. The molecule has 0 unspecified atom stereocenters. The largest absolute Gasteiger partial charge is 0.444 e. The first kappa shape index (κ1) is 13.2. The zero-order valence-corrected chi connectivity index (χ0v) is 12.1. The summed E-state index contributed by atoms with van der Waals surface area (Å²) >= 11 is 0. The third kappa shape index (κ3) is 2.21. The molecular formula is C15H20N2O3. The van der Waals surface area contributed by atoms with Crippen molar-refractivity contribution < 1.29 is 9.53 Å². The minimum absolute atomic E-state index is 0.0169. The van der Waals surface area contributed by atoms with Gasteiger partial charge < -0.3 is 9.30 Å². The maximum atomic E-state index is 12.3. The fourth-order valence-corrected chi connectivity index (χ4v) is 3.14. The van der Waals surface area contributed by atoms with E-state index in [9.17, 15) is 9.59 Å². The number of carbonyl (C=O) groups is 1. The van der Waals surface area contributed by atoms with E-state index in [1.807, 2.05) is 26.8 Å². The second-order valence-corrected chi connectivity index (χ2v) is 6.65. The summed E-state index contributed by atoms with van der Waals surface area (Å²) in [7, 11) is 0. The molecule has 5 heteroatoms. The van der Waals surface area contributed by atoms with Crippen molar-refractivity contribution in [1.29, 1.82) is 0 Å². The van der Waals surface area contributed by atoms with Crippen LogP contribution >= 0.6 is 0 Å². The minimum atomic E-state index is -0.496. The lowest BCUT2D eigenvalue weighted by Crippen LogP contribution is -2.37. The molecule has 0 aliphatic carbocycles. The number of fused-ring (bicyclic) bond motifs is 4. The van der Waals surface area contributed by atoms with E-state index < -0.39 is 5.60 Å². The van der Waals surface area contributed by atoms with Gasteiger partial charge in [-0.3, -0.25) is 9.69 Å².